The molecule has 0 aromatic heterocycles. The predicted octanol–water partition coefficient (Wildman–Crippen LogP) is 1.71. The van der Waals surface area contributed by atoms with Crippen molar-refractivity contribution in [1.29, 1.82) is 5.41 Å². The minimum atomic E-state index is 0.118. The molecule has 4 nitrogen and oxygen atoms in total. The molecule has 0 radical (unpaired) electrons. The monoisotopic (exact) mass is 261 g/mol. The first kappa shape index (κ1) is 14.0. The number of nitrogens with two attached hydrogens (primary N) is 1. The molecule has 1 aliphatic heterocycles. The van der Waals surface area contributed by atoms with E-state index in [1.807, 2.05) is 18.2 Å². The Morgan fingerprint density at radius 1 is 1.42 bits per heavy atom. The lowest BCUT2D eigenvalue weighted by atomic mass is 9.98. The van der Waals surface area contributed by atoms with Gasteiger partial charge in [0.1, 0.15) is 5.84 Å². The summed E-state index contributed by atoms with van der Waals surface area (Å²) in [4.78, 5) is 2.44. The summed E-state index contributed by atoms with van der Waals surface area (Å²) in [6.45, 7) is 2.23. The van der Waals surface area contributed by atoms with Gasteiger partial charge in [-0.15, -0.1) is 0 Å². The van der Waals surface area contributed by atoms with E-state index in [0.29, 0.717) is 6.04 Å². The maximum Gasteiger partial charge on any atom is 0.122 e. The molecule has 0 bridgehead atoms. The van der Waals surface area contributed by atoms with Crippen LogP contribution in [-0.4, -0.2) is 35.0 Å². The van der Waals surface area contributed by atoms with Gasteiger partial charge in [-0.05, 0) is 37.4 Å². The zero-order valence-corrected chi connectivity index (χ0v) is 11.3. The van der Waals surface area contributed by atoms with Crippen LogP contribution in [0.1, 0.15) is 36.8 Å². The Balaban J connectivity index is 2.06. The lowest BCUT2D eigenvalue weighted by Crippen LogP contribution is -2.39. The van der Waals surface area contributed by atoms with Crippen LogP contribution < -0.4 is 5.73 Å². The number of hydrogen-bond donors (Lipinski definition) is 3. The van der Waals surface area contributed by atoms with Crippen molar-refractivity contribution in [2.45, 2.75) is 38.3 Å². The Morgan fingerprint density at radius 3 is 3.00 bits per heavy atom. The summed E-state index contributed by atoms with van der Waals surface area (Å²) in [5.41, 5.74) is 7.50. The normalized spacial score (nSPS) is 20.4. The summed E-state index contributed by atoms with van der Waals surface area (Å²) >= 11 is 0. The van der Waals surface area contributed by atoms with Gasteiger partial charge in [0.15, 0.2) is 0 Å². The molecule has 0 saturated carbocycles. The minimum Gasteiger partial charge on any atom is -0.396 e. The van der Waals surface area contributed by atoms with Crippen molar-refractivity contribution in [2.24, 2.45) is 5.73 Å². The van der Waals surface area contributed by atoms with E-state index in [4.69, 9.17) is 16.2 Å². The molecule has 2 rings (SSSR count). The first-order valence-electron chi connectivity index (χ1n) is 6.99. The van der Waals surface area contributed by atoms with Crippen LogP contribution in [0.2, 0.25) is 0 Å². The molecular formula is C15H23N3O. The molecule has 1 heterocycles. The molecule has 0 spiro atoms. The first-order valence-corrected chi connectivity index (χ1v) is 6.99. The van der Waals surface area contributed by atoms with Gasteiger partial charge in [-0.2, -0.15) is 0 Å². The Hall–Kier alpha value is -1.39. The van der Waals surface area contributed by atoms with Crippen molar-refractivity contribution in [3.63, 3.8) is 0 Å². The number of aliphatic hydroxyl groups is 1. The molecule has 0 amide bonds. The fraction of sp³-hybridized carbons (Fsp3) is 0.533. The SMILES string of the molecule is N=C(N)c1cccc(CN2CCCCC2CCO)c1. The van der Waals surface area contributed by atoms with Gasteiger partial charge in [0.05, 0.1) is 0 Å². The second-order valence-corrected chi connectivity index (χ2v) is 5.25. The Labute approximate surface area is 114 Å². The highest BCUT2D eigenvalue weighted by Gasteiger charge is 2.21. The molecule has 1 aromatic carbocycles. The van der Waals surface area contributed by atoms with Crippen LogP contribution in [0.25, 0.3) is 0 Å². The summed E-state index contributed by atoms with van der Waals surface area (Å²) in [5.74, 6) is 0.118. The quantitative estimate of drug-likeness (QED) is 0.558. The van der Waals surface area contributed by atoms with Crippen molar-refractivity contribution in [3.05, 3.63) is 35.4 Å². The number of piperidine rings is 1. The lowest BCUT2D eigenvalue weighted by Gasteiger charge is -2.35. The van der Waals surface area contributed by atoms with Crippen molar-refractivity contribution < 1.29 is 5.11 Å². The highest BCUT2D eigenvalue weighted by Crippen LogP contribution is 2.22. The maximum atomic E-state index is 9.15. The minimum absolute atomic E-state index is 0.118. The van der Waals surface area contributed by atoms with Crippen molar-refractivity contribution in [2.75, 3.05) is 13.2 Å². The third-order valence-corrected chi connectivity index (χ3v) is 3.84. The molecule has 4 heteroatoms. The van der Waals surface area contributed by atoms with Gasteiger partial charge in [0, 0.05) is 24.8 Å². The van der Waals surface area contributed by atoms with Crippen LogP contribution in [0.3, 0.4) is 0 Å². The molecule has 4 N–H and O–H groups in total. The summed E-state index contributed by atoms with van der Waals surface area (Å²) in [6.07, 6.45) is 4.52. The second kappa shape index (κ2) is 6.68. The maximum absolute atomic E-state index is 9.15. The fourth-order valence-corrected chi connectivity index (χ4v) is 2.82. The summed E-state index contributed by atoms with van der Waals surface area (Å²) in [6, 6.07) is 8.38. The molecule has 1 unspecified atom stereocenters. The van der Waals surface area contributed by atoms with Crippen molar-refractivity contribution in [1.82, 2.24) is 4.90 Å². The van der Waals surface area contributed by atoms with Crippen LogP contribution in [0.4, 0.5) is 0 Å². The van der Waals surface area contributed by atoms with E-state index in [0.717, 1.165) is 25.1 Å². The standard InChI is InChI=1S/C15H23N3O/c16-15(17)13-5-3-4-12(10-13)11-18-8-2-1-6-14(18)7-9-19/h3-5,10,14,19H,1-2,6-9,11H2,(H3,16,17). The van der Waals surface area contributed by atoms with E-state index in [-0.39, 0.29) is 12.4 Å². The number of aliphatic hydroxyl groups excluding tert-OH is 1. The van der Waals surface area contributed by atoms with Gasteiger partial charge in [0.25, 0.3) is 0 Å². The van der Waals surface area contributed by atoms with Crippen molar-refractivity contribution in [3.8, 4) is 0 Å². The number of rotatable bonds is 5. The van der Waals surface area contributed by atoms with Gasteiger partial charge >= 0.3 is 0 Å². The van der Waals surface area contributed by atoms with Crippen LogP contribution in [0.15, 0.2) is 24.3 Å². The summed E-state index contributed by atoms with van der Waals surface area (Å²) < 4.78 is 0. The van der Waals surface area contributed by atoms with Gasteiger partial charge in [-0.1, -0.05) is 24.6 Å². The Kier molecular flexibility index (Phi) is 4.93. The van der Waals surface area contributed by atoms with Crippen molar-refractivity contribution >= 4 is 5.84 Å². The van der Waals surface area contributed by atoms with E-state index in [1.54, 1.807) is 0 Å². The molecule has 19 heavy (non-hydrogen) atoms. The third-order valence-electron chi connectivity index (χ3n) is 3.84. The van der Waals surface area contributed by atoms with E-state index < -0.39 is 0 Å². The Morgan fingerprint density at radius 2 is 2.26 bits per heavy atom. The third kappa shape index (κ3) is 3.78. The highest BCUT2D eigenvalue weighted by molar-refractivity contribution is 5.95. The van der Waals surface area contributed by atoms with E-state index >= 15 is 0 Å². The van der Waals surface area contributed by atoms with E-state index in [9.17, 15) is 0 Å². The largest absolute Gasteiger partial charge is 0.396 e. The highest BCUT2D eigenvalue weighted by atomic mass is 16.3. The van der Waals surface area contributed by atoms with E-state index in [2.05, 4.69) is 11.0 Å². The predicted molar refractivity (Wildman–Crippen MR) is 77.2 cm³/mol. The molecule has 1 saturated heterocycles. The lowest BCUT2D eigenvalue weighted by molar-refractivity contribution is 0.112. The zero-order chi connectivity index (χ0) is 13.7. The summed E-state index contributed by atoms with van der Waals surface area (Å²) in [5, 5.41) is 16.6. The number of nitrogens with zero attached hydrogens (tertiary/aromatic N) is 1. The second-order valence-electron chi connectivity index (χ2n) is 5.25. The topological polar surface area (TPSA) is 73.3 Å². The van der Waals surface area contributed by atoms with Gasteiger partial charge in [-0.25, -0.2) is 0 Å². The average Bonchev–Trinajstić information content (AvgIpc) is 2.41. The molecule has 1 atom stereocenters. The number of hydrogen-bond acceptors (Lipinski definition) is 3. The van der Waals surface area contributed by atoms with Crippen LogP contribution in [0, 0.1) is 5.41 Å². The van der Waals surface area contributed by atoms with E-state index in [1.165, 1.54) is 24.8 Å². The number of amidine groups is 1. The van der Waals surface area contributed by atoms with Crippen LogP contribution in [-0.2, 0) is 6.54 Å². The molecule has 1 aromatic rings. The van der Waals surface area contributed by atoms with Gasteiger partial charge in [-0.3, -0.25) is 10.3 Å². The first-order chi connectivity index (χ1) is 9.20. The smallest absolute Gasteiger partial charge is 0.122 e. The fourth-order valence-electron chi connectivity index (χ4n) is 2.82. The number of likely N-dealkylation sites (tertiary alicyclic amines) is 1. The number of benzene rings is 1. The van der Waals surface area contributed by atoms with Gasteiger partial charge < -0.3 is 10.8 Å². The molecule has 1 fully saturated rings. The number of nitrogens with one attached hydrogen (secondary N) is 1. The van der Waals surface area contributed by atoms with Gasteiger partial charge in [0.2, 0.25) is 0 Å². The average molecular weight is 261 g/mol. The summed E-state index contributed by atoms with van der Waals surface area (Å²) in [7, 11) is 0. The zero-order valence-electron chi connectivity index (χ0n) is 11.3. The molecule has 1 aliphatic rings. The van der Waals surface area contributed by atoms with Crippen LogP contribution >= 0.6 is 0 Å². The Bertz CT molecular complexity index is 431. The molecular weight excluding hydrogens is 238 g/mol. The number of nitrogen functional groups attached to an aromatic ring is 1. The molecule has 0 aliphatic carbocycles. The molecule has 104 valence electrons. The van der Waals surface area contributed by atoms with Crippen LogP contribution in [0.5, 0.6) is 0 Å².